The van der Waals surface area contributed by atoms with Crippen LogP contribution in [0, 0.1) is 5.92 Å². The van der Waals surface area contributed by atoms with E-state index in [1.54, 1.807) is 12.1 Å². The molecule has 4 heteroatoms. The molecule has 1 fully saturated rings. The monoisotopic (exact) mass is 284 g/mol. The fourth-order valence-electron chi connectivity index (χ4n) is 3.15. The molecular weight excluding hydrogens is 264 g/mol. The Hall–Kier alpha value is -2.10. The number of piperidine rings is 1. The fraction of sp³-hybridized carbons (Fsp3) is 0.412. The van der Waals surface area contributed by atoms with Crippen molar-refractivity contribution in [2.24, 2.45) is 5.92 Å². The summed E-state index contributed by atoms with van der Waals surface area (Å²) in [6.45, 7) is 5.53. The van der Waals surface area contributed by atoms with Crippen LogP contribution in [0.1, 0.15) is 37.0 Å². The Morgan fingerprint density at radius 2 is 2.10 bits per heavy atom. The number of anilines is 1. The Labute approximate surface area is 124 Å². The van der Waals surface area contributed by atoms with E-state index in [-0.39, 0.29) is 0 Å². The molecule has 3 rings (SSSR count). The van der Waals surface area contributed by atoms with Crippen molar-refractivity contribution in [3.63, 3.8) is 0 Å². The van der Waals surface area contributed by atoms with Crippen molar-refractivity contribution >= 4 is 22.7 Å². The van der Waals surface area contributed by atoms with Gasteiger partial charge in [-0.25, -0.2) is 9.78 Å². The molecule has 0 spiro atoms. The minimum absolute atomic E-state index is 0.312. The Bertz CT molecular complexity index is 684. The van der Waals surface area contributed by atoms with E-state index in [2.05, 4.69) is 23.7 Å². The first-order valence-electron chi connectivity index (χ1n) is 7.47. The molecule has 1 N–H and O–H groups in total. The second-order valence-electron chi connectivity index (χ2n) is 5.90. The zero-order valence-electron chi connectivity index (χ0n) is 12.4. The third-order valence-corrected chi connectivity index (χ3v) is 4.62. The summed E-state index contributed by atoms with van der Waals surface area (Å²) in [5.41, 5.74) is 1.06. The van der Waals surface area contributed by atoms with Gasteiger partial charge in [0, 0.05) is 18.0 Å². The molecule has 0 saturated carbocycles. The molecule has 0 amide bonds. The van der Waals surface area contributed by atoms with E-state index in [9.17, 15) is 9.90 Å². The first-order valence-corrected chi connectivity index (χ1v) is 7.47. The number of hydrogen-bond donors (Lipinski definition) is 1. The lowest BCUT2D eigenvalue weighted by molar-refractivity contribution is 0.0699. The number of hydrogen-bond acceptors (Lipinski definition) is 3. The maximum absolute atomic E-state index is 11.3. The van der Waals surface area contributed by atoms with Crippen molar-refractivity contribution < 1.29 is 9.90 Å². The second-order valence-corrected chi connectivity index (χ2v) is 5.90. The zero-order chi connectivity index (χ0) is 15.0. The summed E-state index contributed by atoms with van der Waals surface area (Å²) >= 11 is 0. The fourth-order valence-corrected chi connectivity index (χ4v) is 3.15. The molecule has 1 aromatic carbocycles. The van der Waals surface area contributed by atoms with Gasteiger partial charge in [0.2, 0.25) is 0 Å². The average Bonchev–Trinajstić information content (AvgIpc) is 2.48. The quantitative estimate of drug-likeness (QED) is 0.916. The van der Waals surface area contributed by atoms with Crippen LogP contribution >= 0.6 is 0 Å². The van der Waals surface area contributed by atoms with Gasteiger partial charge < -0.3 is 10.0 Å². The van der Waals surface area contributed by atoms with Gasteiger partial charge in [0.25, 0.3) is 0 Å². The summed E-state index contributed by atoms with van der Waals surface area (Å²) in [7, 11) is 0. The molecule has 2 unspecified atom stereocenters. The van der Waals surface area contributed by atoms with Crippen LogP contribution in [0.25, 0.3) is 10.9 Å². The number of carboxylic acids is 1. The SMILES string of the molecule is CC1CCCN(c2ccc3c(C(=O)O)cccc3n2)C1C. The molecule has 0 bridgehead atoms. The Kier molecular flexibility index (Phi) is 3.53. The van der Waals surface area contributed by atoms with E-state index >= 15 is 0 Å². The smallest absolute Gasteiger partial charge is 0.336 e. The molecule has 2 aromatic rings. The Balaban J connectivity index is 2.04. The summed E-state index contributed by atoms with van der Waals surface area (Å²) in [6.07, 6.45) is 2.44. The molecule has 1 aliphatic heterocycles. The van der Waals surface area contributed by atoms with E-state index in [0.29, 0.717) is 22.9 Å². The first-order chi connectivity index (χ1) is 10.1. The molecule has 0 aliphatic carbocycles. The number of fused-ring (bicyclic) bond motifs is 1. The largest absolute Gasteiger partial charge is 0.478 e. The Morgan fingerprint density at radius 3 is 2.86 bits per heavy atom. The zero-order valence-corrected chi connectivity index (χ0v) is 12.4. The van der Waals surface area contributed by atoms with Crippen LogP contribution < -0.4 is 4.90 Å². The summed E-state index contributed by atoms with van der Waals surface area (Å²) in [6, 6.07) is 9.55. The molecule has 2 heterocycles. The van der Waals surface area contributed by atoms with E-state index < -0.39 is 5.97 Å². The molecule has 21 heavy (non-hydrogen) atoms. The van der Waals surface area contributed by atoms with Crippen molar-refractivity contribution in [2.75, 3.05) is 11.4 Å². The van der Waals surface area contributed by atoms with E-state index in [1.165, 1.54) is 12.8 Å². The third kappa shape index (κ3) is 2.46. The van der Waals surface area contributed by atoms with Gasteiger partial charge >= 0.3 is 5.97 Å². The normalized spacial score (nSPS) is 22.5. The molecule has 1 saturated heterocycles. The second kappa shape index (κ2) is 5.35. The number of aromatic carboxylic acids is 1. The number of rotatable bonds is 2. The standard InChI is InChI=1S/C17H20N2O2/c1-11-5-4-10-19(12(11)2)16-9-8-13-14(17(20)21)6-3-7-15(13)18-16/h3,6-9,11-12H,4-5,10H2,1-2H3,(H,20,21). The number of pyridine rings is 1. The number of aromatic nitrogens is 1. The number of carbonyl (C=O) groups is 1. The molecule has 1 aliphatic rings. The van der Waals surface area contributed by atoms with E-state index in [0.717, 1.165) is 17.9 Å². The van der Waals surface area contributed by atoms with Gasteiger partial charge in [0.1, 0.15) is 5.82 Å². The van der Waals surface area contributed by atoms with Crippen molar-refractivity contribution in [1.82, 2.24) is 4.98 Å². The topological polar surface area (TPSA) is 53.4 Å². The maximum atomic E-state index is 11.3. The van der Waals surface area contributed by atoms with Crippen LogP contribution in [0.2, 0.25) is 0 Å². The predicted molar refractivity (Wildman–Crippen MR) is 83.9 cm³/mol. The van der Waals surface area contributed by atoms with Gasteiger partial charge in [-0.2, -0.15) is 0 Å². The van der Waals surface area contributed by atoms with Crippen LogP contribution in [-0.2, 0) is 0 Å². The highest BCUT2D eigenvalue weighted by Gasteiger charge is 2.25. The molecule has 2 atom stereocenters. The first kappa shape index (κ1) is 13.9. The third-order valence-electron chi connectivity index (χ3n) is 4.62. The Morgan fingerprint density at radius 1 is 1.29 bits per heavy atom. The van der Waals surface area contributed by atoms with Crippen LogP contribution in [0.4, 0.5) is 5.82 Å². The highest BCUT2D eigenvalue weighted by atomic mass is 16.4. The lowest BCUT2D eigenvalue weighted by Crippen LogP contribution is -2.42. The molecule has 110 valence electrons. The number of carboxylic acid groups (broad SMARTS) is 1. The number of benzene rings is 1. The predicted octanol–water partition coefficient (Wildman–Crippen LogP) is 3.56. The summed E-state index contributed by atoms with van der Waals surface area (Å²) in [5, 5.41) is 9.94. The molecule has 1 aromatic heterocycles. The van der Waals surface area contributed by atoms with E-state index in [4.69, 9.17) is 0 Å². The van der Waals surface area contributed by atoms with Gasteiger partial charge in [0.15, 0.2) is 0 Å². The highest BCUT2D eigenvalue weighted by Crippen LogP contribution is 2.29. The highest BCUT2D eigenvalue weighted by molar-refractivity contribution is 6.02. The van der Waals surface area contributed by atoms with Crippen LogP contribution in [0.3, 0.4) is 0 Å². The molecule has 0 radical (unpaired) electrons. The van der Waals surface area contributed by atoms with Crippen molar-refractivity contribution in [3.8, 4) is 0 Å². The molecule has 4 nitrogen and oxygen atoms in total. The lowest BCUT2D eigenvalue weighted by Gasteiger charge is -2.38. The van der Waals surface area contributed by atoms with Gasteiger partial charge in [0.05, 0.1) is 11.1 Å². The summed E-state index contributed by atoms with van der Waals surface area (Å²) < 4.78 is 0. The van der Waals surface area contributed by atoms with Crippen molar-refractivity contribution in [3.05, 3.63) is 35.9 Å². The minimum Gasteiger partial charge on any atom is -0.478 e. The van der Waals surface area contributed by atoms with Crippen molar-refractivity contribution in [2.45, 2.75) is 32.7 Å². The number of nitrogens with zero attached hydrogens (tertiary/aromatic N) is 2. The van der Waals surface area contributed by atoms with Gasteiger partial charge in [-0.1, -0.05) is 13.0 Å². The van der Waals surface area contributed by atoms with Crippen LogP contribution in [-0.4, -0.2) is 28.6 Å². The maximum Gasteiger partial charge on any atom is 0.336 e. The van der Waals surface area contributed by atoms with Crippen LogP contribution in [0.15, 0.2) is 30.3 Å². The van der Waals surface area contributed by atoms with Gasteiger partial charge in [-0.15, -0.1) is 0 Å². The van der Waals surface area contributed by atoms with Gasteiger partial charge in [-0.3, -0.25) is 0 Å². The summed E-state index contributed by atoms with van der Waals surface area (Å²) in [5.74, 6) is 0.695. The minimum atomic E-state index is -0.907. The molecular formula is C17H20N2O2. The lowest BCUT2D eigenvalue weighted by atomic mass is 9.92. The summed E-state index contributed by atoms with van der Waals surface area (Å²) in [4.78, 5) is 18.3. The van der Waals surface area contributed by atoms with Gasteiger partial charge in [-0.05, 0) is 49.9 Å². The average molecular weight is 284 g/mol. The van der Waals surface area contributed by atoms with Crippen molar-refractivity contribution in [1.29, 1.82) is 0 Å². The van der Waals surface area contributed by atoms with Crippen LogP contribution in [0.5, 0.6) is 0 Å². The van der Waals surface area contributed by atoms with E-state index in [1.807, 2.05) is 18.2 Å².